The topological polar surface area (TPSA) is 84.9 Å². The Labute approximate surface area is 126 Å². The molecule has 1 atom stereocenters. The predicted octanol–water partition coefficient (Wildman–Crippen LogP) is 0.988. The molecule has 0 aromatic heterocycles. The minimum absolute atomic E-state index is 0.0379. The Bertz CT molecular complexity index is 572. The van der Waals surface area contributed by atoms with Gasteiger partial charge < -0.3 is 14.6 Å². The van der Waals surface area contributed by atoms with E-state index in [4.69, 9.17) is 9.47 Å². The Morgan fingerprint density at radius 1 is 1.24 bits per heavy atom. The van der Waals surface area contributed by atoms with Crippen molar-refractivity contribution in [2.75, 3.05) is 27.4 Å². The molecule has 0 radical (unpaired) electrons. The zero-order chi connectivity index (χ0) is 16.3. The monoisotopic (exact) mass is 317 g/mol. The Morgan fingerprint density at radius 2 is 1.76 bits per heavy atom. The minimum Gasteiger partial charge on any atom is -0.496 e. The third kappa shape index (κ3) is 4.67. The first-order valence-corrected chi connectivity index (χ1v) is 7.97. The molecular weight excluding hydrogens is 294 g/mol. The number of nitrogens with one attached hydrogen (secondary N) is 1. The van der Waals surface area contributed by atoms with E-state index < -0.39 is 15.6 Å². The van der Waals surface area contributed by atoms with E-state index in [2.05, 4.69) is 4.72 Å². The van der Waals surface area contributed by atoms with Crippen molar-refractivity contribution < 1.29 is 23.0 Å². The molecule has 2 N–H and O–H groups in total. The van der Waals surface area contributed by atoms with Crippen molar-refractivity contribution in [3.63, 3.8) is 0 Å². The van der Waals surface area contributed by atoms with Crippen molar-refractivity contribution in [3.05, 3.63) is 23.3 Å². The zero-order valence-corrected chi connectivity index (χ0v) is 13.9. The number of aryl methyl sites for hydroxylation is 2. The number of methoxy groups -OCH3 is 2. The second-order valence-electron chi connectivity index (χ2n) is 5.34. The van der Waals surface area contributed by atoms with Crippen molar-refractivity contribution in [2.45, 2.75) is 31.3 Å². The van der Waals surface area contributed by atoms with Crippen LogP contribution in [0.25, 0.3) is 0 Å². The van der Waals surface area contributed by atoms with E-state index in [1.165, 1.54) is 14.0 Å². The highest BCUT2D eigenvalue weighted by molar-refractivity contribution is 7.89. The van der Waals surface area contributed by atoms with E-state index in [1.54, 1.807) is 33.1 Å². The van der Waals surface area contributed by atoms with Crippen LogP contribution in [0.3, 0.4) is 0 Å². The number of benzene rings is 1. The molecule has 21 heavy (non-hydrogen) atoms. The highest BCUT2D eigenvalue weighted by Gasteiger charge is 2.25. The molecule has 1 unspecified atom stereocenters. The molecule has 1 aromatic carbocycles. The van der Waals surface area contributed by atoms with E-state index in [-0.39, 0.29) is 18.0 Å². The number of ether oxygens (including phenoxy) is 2. The zero-order valence-electron chi connectivity index (χ0n) is 13.1. The van der Waals surface area contributed by atoms with Crippen molar-refractivity contribution in [1.82, 2.24) is 4.72 Å². The number of aliphatic hydroxyl groups is 1. The summed E-state index contributed by atoms with van der Waals surface area (Å²) in [5, 5.41) is 9.94. The second-order valence-corrected chi connectivity index (χ2v) is 7.11. The molecule has 0 spiro atoms. The maximum absolute atomic E-state index is 12.3. The number of sulfonamides is 1. The maximum Gasteiger partial charge on any atom is 0.240 e. The van der Waals surface area contributed by atoms with Crippen LogP contribution in [0.1, 0.15) is 18.1 Å². The lowest BCUT2D eigenvalue weighted by atomic mass is 10.1. The summed E-state index contributed by atoms with van der Waals surface area (Å²) < 4.78 is 37.0. The summed E-state index contributed by atoms with van der Waals surface area (Å²) >= 11 is 0. The van der Waals surface area contributed by atoms with E-state index in [0.717, 1.165) is 11.1 Å². The molecule has 0 fully saturated rings. The lowest BCUT2D eigenvalue weighted by Crippen LogP contribution is -2.43. The average Bonchev–Trinajstić information content (AvgIpc) is 2.36. The standard InChI is InChI=1S/C14H23NO5S/c1-10-6-12(7-11(2)13(10)20-5)21(17,18)15-8-14(3,16)9-19-4/h6-7,15-16H,8-9H2,1-5H3. The first-order chi connectivity index (χ1) is 9.63. The van der Waals surface area contributed by atoms with E-state index in [1.807, 2.05) is 0 Å². The molecule has 0 amide bonds. The van der Waals surface area contributed by atoms with Crippen LogP contribution in [-0.2, 0) is 14.8 Å². The lowest BCUT2D eigenvalue weighted by molar-refractivity contribution is -0.0119. The Kier molecular flexibility index (Phi) is 5.75. The highest BCUT2D eigenvalue weighted by Crippen LogP contribution is 2.26. The molecule has 1 rings (SSSR count). The summed E-state index contributed by atoms with van der Waals surface area (Å²) in [4.78, 5) is 0.145. The van der Waals surface area contributed by atoms with Gasteiger partial charge in [0, 0.05) is 13.7 Å². The lowest BCUT2D eigenvalue weighted by Gasteiger charge is -2.22. The van der Waals surface area contributed by atoms with Gasteiger partial charge in [0.25, 0.3) is 0 Å². The van der Waals surface area contributed by atoms with Crippen LogP contribution in [-0.4, -0.2) is 46.5 Å². The van der Waals surface area contributed by atoms with Crippen LogP contribution in [0.2, 0.25) is 0 Å². The summed E-state index contributed by atoms with van der Waals surface area (Å²) in [5.41, 5.74) is 0.210. The minimum atomic E-state index is -3.70. The molecule has 0 aliphatic rings. The Morgan fingerprint density at radius 3 is 2.19 bits per heavy atom. The van der Waals surface area contributed by atoms with Crippen molar-refractivity contribution in [3.8, 4) is 5.75 Å². The van der Waals surface area contributed by atoms with Gasteiger partial charge in [-0.05, 0) is 44.0 Å². The molecule has 120 valence electrons. The quantitative estimate of drug-likeness (QED) is 0.783. The van der Waals surface area contributed by atoms with Crippen molar-refractivity contribution in [1.29, 1.82) is 0 Å². The van der Waals surface area contributed by atoms with E-state index in [0.29, 0.717) is 5.75 Å². The van der Waals surface area contributed by atoms with Gasteiger partial charge in [-0.25, -0.2) is 13.1 Å². The van der Waals surface area contributed by atoms with Crippen molar-refractivity contribution >= 4 is 10.0 Å². The van der Waals surface area contributed by atoms with Gasteiger partial charge in [-0.2, -0.15) is 0 Å². The van der Waals surface area contributed by atoms with Crippen molar-refractivity contribution in [2.24, 2.45) is 0 Å². The van der Waals surface area contributed by atoms with E-state index in [9.17, 15) is 13.5 Å². The van der Waals surface area contributed by atoms with Crippen LogP contribution in [0.4, 0.5) is 0 Å². The van der Waals surface area contributed by atoms with Crippen LogP contribution in [0.5, 0.6) is 5.75 Å². The molecule has 0 aliphatic carbocycles. The molecule has 7 heteroatoms. The maximum atomic E-state index is 12.3. The average molecular weight is 317 g/mol. The van der Waals surface area contributed by atoms with Gasteiger partial charge in [0.05, 0.1) is 24.2 Å². The highest BCUT2D eigenvalue weighted by atomic mass is 32.2. The summed E-state index contributed by atoms with van der Waals surface area (Å²) in [6, 6.07) is 3.08. The van der Waals surface area contributed by atoms with Crippen LogP contribution >= 0.6 is 0 Å². The van der Waals surface area contributed by atoms with Gasteiger partial charge in [0.2, 0.25) is 10.0 Å². The molecule has 0 saturated carbocycles. The summed E-state index contributed by atoms with van der Waals surface area (Å²) in [5.74, 6) is 0.667. The van der Waals surface area contributed by atoms with Gasteiger partial charge in [-0.1, -0.05) is 0 Å². The van der Waals surface area contributed by atoms with Gasteiger partial charge in [0.1, 0.15) is 5.75 Å². The molecular formula is C14H23NO5S. The largest absolute Gasteiger partial charge is 0.496 e. The fourth-order valence-corrected chi connectivity index (χ4v) is 3.41. The SMILES string of the molecule is COCC(C)(O)CNS(=O)(=O)c1cc(C)c(OC)c(C)c1. The third-order valence-electron chi connectivity index (χ3n) is 3.05. The first kappa shape index (κ1) is 17.9. The Balaban J connectivity index is 2.99. The predicted molar refractivity (Wildman–Crippen MR) is 80.2 cm³/mol. The van der Waals surface area contributed by atoms with Gasteiger partial charge in [-0.3, -0.25) is 0 Å². The second kappa shape index (κ2) is 6.74. The molecule has 0 saturated heterocycles. The van der Waals surface area contributed by atoms with Gasteiger partial charge >= 0.3 is 0 Å². The number of rotatable bonds is 7. The smallest absolute Gasteiger partial charge is 0.240 e. The van der Waals surface area contributed by atoms with Crippen LogP contribution in [0, 0.1) is 13.8 Å². The molecule has 0 aliphatic heterocycles. The fraction of sp³-hybridized carbons (Fsp3) is 0.571. The third-order valence-corrected chi connectivity index (χ3v) is 4.43. The fourth-order valence-electron chi connectivity index (χ4n) is 2.08. The normalized spacial score (nSPS) is 14.8. The van der Waals surface area contributed by atoms with Gasteiger partial charge in [-0.15, -0.1) is 0 Å². The van der Waals surface area contributed by atoms with E-state index >= 15 is 0 Å². The number of hydrogen-bond donors (Lipinski definition) is 2. The molecule has 0 heterocycles. The summed E-state index contributed by atoms with van der Waals surface area (Å²) in [6.45, 7) is 4.98. The summed E-state index contributed by atoms with van der Waals surface area (Å²) in [7, 11) is -0.714. The Hall–Kier alpha value is -1.15. The molecule has 0 bridgehead atoms. The molecule has 6 nitrogen and oxygen atoms in total. The van der Waals surface area contributed by atoms with Crippen LogP contribution in [0.15, 0.2) is 17.0 Å². The number of hydrogen-bond acceptors (Lipinski definition) is 5. The molecule has 1 aromatic rings. The van der Waals surface area contributed by atoms with Crippen LogP contribution < -0.4 is 9.46 Å². The first-order valence-electron chi connectivity index (χ1n) is 6.49. The van der Waals surface area contributed by atoms with Gasteiger partial charge in [0.15, 0.2) is 0 Å². The summed E-state index contributed by atoms with van der Waals surface area (Å²) in [6.07, 6.45) is 0.